The first-order valence-electron chi connectivity index (χ1n) is 10.7. The first kappa shape index (κ1) is 24.0. The number of aromatic nitrogens is 1. The van der Waals surface area contributed by atoms with Crippen LogP contribution in [0.1, 0.15) is 42.8 Å². The molecule has 3 heterocycles. The lowest BCUT2D eigenvalue weighted by molar-refractivity contribution is -0.143. The van der Waals surface area contributed by atoms with Crippen LogP contribution in [0, 0.1) is 6.92 Å². The summed E-state index contributed by atoms with van der Waals surface area (Å²) in [6, 6.07) is 6.56. The van der Waals surface area contributed by atoms with Crippen molar-refractivity contribution in [1.82, 2.24) is 4.57 Å². The highest BCUT2D eigenvalue weighted by molar-refractivity contribution is 7.11. The van der Waals surface area contributed by atoms with E-state index in [1.807, 2.05) is 24.4 Å². The highest BCUT2D eigenvalue weighted by atomic mass is 32.1. The largest absolute Gasteiger partial charge is 0.497 e. The molecule has 1 aliphatic heterocycles. The lowest BCUT2D eigenvalue weighted by Gasteiger charge is -2.26. The topological polar surface area (TPSA) is 79.1 Å². The molecule has 1 aromatic carbocycles. The molecule has 0 aliphatic carbocycles. The molecule has 0 bridgehead atoms. The summed E-state index contributed by atoms with van der Waals surface area (Å²) < 4.78 is 18.7. The van der Waals surface area contributed by atoms with Gasteiger partial charge in [-0.1, -0.05) is 11.3 Å². The molecule has 1 unspecified atom stereocenters. The summed E-state index contributed by atoms with van der Waals surface area (Å²) in [5.74, 6) is 0.590. The van der Waals surface area contributed by atoms with Crippen LogP contribution in [-0.2, 0) is 9.53 Å². The molecule has 34 heavy (non-hydrogen) atoms. The molecular weight excluding hydrogens is 472 g/mol. The summed E-state index contributed by atoms with van der Waals surface area (Å²) in [6.45, 7) is 7.34. The van der Waals surface area contributed by atoms with Crippen molar-refractivity contribution in [2.75, 3.05) is 14.2 Å². The van der Waals surface area contributed by atoms with Gasteiger partial charge in [0.2, 0.25) is 0 Å². The number of hydrogen-bond acceptors (Lipinski definition) is 8. The van der Waals surface area contributed by atoms with E-state index in [1.54, 1.807) is 69.1 Å². The molecule has 178 valence electrons. The van der Waals surface area contributed by atoms with E-state index in [1.165, 1.54) is 11.3 Å². The van der Waals surface area contributed by atoms with Crippen molar-refractivity contribution in [2.45, 2.75) is 39.8 Å². The molecule has 7 nitrogen and oxygen atoms in total. The molecule has 0 spiro atoms. The van der Waals surface area contributed by atoms with Crippen LogP contribution in [0.15, 0.2) is 50.7 Å². The fourth-order valence-electron chi connectivity index (χ4n) is 3.86. The Kier molecular flexibility index (Phi) is 6.77. The van der Waals surface area contributed by atoms with Gasteiger partial charge in [-0.15, -0.1) is 11.3 Å². The molecule has 2 aromatic heterocycles. The van der Waals surface area contributed by atoms with Crippen LogP contribution in [0.3, 0.4) is 0 Å². The Hall–Kier alpha value is -3.17. The maximum Gasteiger partial charge on any atom is 0.338 e. The third kappa shape index (κ3) is 4.33. The van der Waals surface area contributed by atoms with E-state index in [4.69, 9.17) is 14.2 Å². The number of nitrogens with zero attached hydrogens (tertiary/aromatic N) is 2. The zero-order valence-corrected chi connectivity index (χ0v) is 21.5. The molecule has 3 aromatic rings. The van der Waals surface area contributed by atoms with Gasteiger partial charge in [-0.2, -0.15) is 0 Å². The molecule has 9 heteroatoms. The SMILES string of the molecule is COc1ccc(OC)c(C2C(C(=O)OC(C)C)=C(C)N=c3sc(=Cc4sccc4C)c(=O)n32)c1. The van der Waals surface area contributed by atoms with Crippen LogP contribution in [0.2, 0.25) is 0 Å². The van der Waals surface area contributed by atoms with E-state index in [0.717, 1.165) is 10.4 Å². The van der Waals surface area contributed by atoms with Gasteiger partial charge < -0.3 is 14.2 Å². The minimum atomic E-state index is -0.779. The molecular formula is C25H26N2O5S2. The number of hydrogen-bond donors (Lipinski definition) is 0. The summed E-state index contributed by atoms with van der Waals surface area (Å²) >= 11 is 2.87. The Morgan fingerprint density at radius 3 is 2.56 bits per heavy atom. The normalized spacial score (nSPS) is 15.9. The minimum absolute atomic E-state index is 0.228. The Labute approximate surface area is 205 Å². The van der Waals surface area contributed by atoms with Crippen molar-refractivity contribution in [1.29, 1.82) is 0 Å². The Balaban J connectivity index is 2.03. The molecule has 0 radical (unpaired) electrons. The van der Waals surface area contributed by atoms with E-state index in [-0.39, 0.29) is 11.7 Å². The van der Waals surface area contributed by atoms with Gasteiger partial charge in [0.1, 0.15) is 17.5 Å². The van der Waals surface area contributed by atoms with Crippen molar-refractivity contribution in [3.8, 4) is 11.5 Å². The standard InChI is InChI=1S/C25H26N2O5S2/c1-13(2)32-24(29)21-15(4)26-25-27(22(21)17-11-16(30-5)7-8-18(17)31-6)23(28)20(34-25)12-19-14(3)9-10-33-19/h7-13,22H,1-6H3. The second-order valence-electron chi connectivity index (χ2n) is 8.11. The molecule has 0 N–H and O–H groups in total. The second kappa shape index (κ2) is 9.60. The van der Waals surface area contributed by atoms with Gasteiger partial charge in [0.05, 0.1) is 36.1 Å². The summed E-state index contributed by atoms with van der Waals surface area (Å²) in [4.78, 5) is 33.1. The third-order valence-electron chi connectivity index (χ3n) is 5.48. The number of esters is 1. The smallest absolute Gasteiger partial charge is 0.338 e. The first-order chi connectivity index (χ1) is 16.2. The van der Waals surface area contributed by atoms with Crippen molar-refractivity contribution < 1.29 is 19.0 Å². The molecule has 0 saturated carbocycles. The fourth-order valence-corrected chi connectivity index (χ4v) is 5.82. The van der Waals surface area contributed by atoms with Crippen LogP contribution < -0.4 is 24.4 Å². The van der Waals surface area contributed by atoms with Gasteiger partial charge in [0, 0.05) is 10.4 Å². The average molecular weight is 499 g/mol. The van der Waals surface area contributed by atoms with Gasteiger partial charge in [-0.05, 0) is 69.0 Å². The summed E-state index contributed by atoms with van der Waals surface area (Å²) in [6.07, 6.45) is 1.56. The van der Waals surface area contributed by atoms with E-state index in [2.05, 4.69) is 4.99 Å². The number of fused-ring (bicyclic) bond motifs is 1. The molecule has 0 amide bonds. The fraction of sp³-hybridized carbons (Fsp3) is 0.320. The zero-order valence-electron chi connectivity index (χ0n) is 19.9. The van der Waals surface area contributed by atoms with Crippen molar-refractivity contribution in [3.05, 3.63) is 76.6 Å². The highest BCUT2D eigenvalue weighted by Gasteiger charge is 2.35. The van der Waals surface area contributed by atoms with E-state index in [0.29, 0.717) is 37.7 Å². The predicted octanol–water partition coefficient (Wildman–Crippen LogP) is 3.57. The lowest BCUT2D eigenvalue weighted by Crippen LogP contribution is -2.40. The lowest BCUT2D eigenvalue weighted by atomic mass is 9.94. The quantitative estimate of drug-likeness (QED) is 0.486. The van der Waals surface area contributed by atoms with Gasteiger partial charge >= 0.3 is 5.97 Å². The Morgan fingerprint density at radius 1 is 1.18 bits per heavy atom. The maximum atomic E-state index is 13.7. The molecule has 0 fully saturated rings. The Morgan fingerprint density at radius 2 is 1.94 bits per heavy atom. The highest BCUT2D eigenvalue weighted by Crippen LogP contribution is 2.38. The van der Waals surface area contributed by atoms with Crippen molar-refractivity contribution in [2.24, 2.45) is 4.99 Å². The maximum absolute atomic E-state index is 13.7. The molecule has 4 rings (SSSR count). The number of thiazole rings is 1. The van der Waals surface area contributed by atoms with Gasteiger partial charge in [-0.25, -0.2) is 9.79 Å². The van der Waals surface area contributed by atoms with Crippen LogP contribution in [0.25, 0.3) is 6.08 Å². The second-order valence-corrected chi connectivity index (χ2v) is 10.1. The minimum Gasteiger partial charge on any atom is -0.497 e. The number of methoxy groups -OCH3 is 2. The molecule has 1 atom stereocenters. The summed E-state index contributed by atoms with van der Waals surface area (Å²) in [5, 5.41) is 1.99. The zero-order chi connectivity index (χ0) is 24.6. The number of thiophene rings is 1. The van der Waals surface area contributed by atoms with Crippen molar-refractivity contribution in [3.63, 3.8) is 0 Å². The van der Waals surface area contributed by atoms with Crippen LogP contribution >= 0.6 is 22.7 Å². The van der Waals surface area contributed by atoms with Gasteiger partial charge in [0.15, 0.2) is 4.80 Å². The number of allylic oxidation sites excluding steroid dienone is 1. The molecule has 1 aliphatic rings. The number of aryl methyl sites for hydroxylation is 1. The van der Waals surface area contributed by atoms with E-state index >= 15 is 0 Å². The van der Waals surface area contributed by atoms with Crippen molar-refractivity contribution >= 4 is 34.7 Å². The van der Waals surface area contributed by atoms with Crippen LogP contribution in [0.4, 0.5) is 0 Å². The predicted molar refractivity (Wildman–Crippen MR) is 134 cm³/mol. The Bertz CT molecular complexity index is 1460. The summed E-state index contributed by atoms with van der Waals surface area (Å²) in [7, 11) is 3.12. The van der Waals surface area contributed by atoms with Gasteiger partial charge in [-0.3, -0.25) is 9.36 Å². The number of carbonyl (C=O) groups is 1. The number of rotatable bonds is 6. The van der Waals surface area contributed by atoms with Crippen LogP contribution in [-0.4, -0.2) is 30.9 Å². The van der Waals surface area contributed by atoms with E-state index < -0.39 is 12.0 Å². The summed E-state index contributed by atoms with van der Waals surface area (Å²) in [5.41, 5.74) is 2.28. The number of ether oxygens (including phenoxy) is 3. The third-order valence-corrected chi connectivity index (χ3v) is 7.43. The average Bonchev–Trinajstić information content (AvgIpc) is 3.34. The number of carbonyl (C=O) groups excluding carboxylic acids is 1. The number of benzene rings is 1. The van der Waals surface area contributed by atoms with Crippen LogP contribution in [0.5, 0.6) is 11.5 Å². The monoisotopic (exact) mass is 498 g/mol. The van der Waals surface area contributed by atoms with E-state index in [9.17, 15) is 9.59 Å². The molecule has 0 saturated heterocycles. The first-order valence-corrected chi connectivity index (χ1v) is 12.4. The van der Waals surface area contributed by atoms with Gasteiger partial charge in [0.25, 0.3) is 5.56 Å².